The number of aliphatic hydroxyl groups is 1. The molecule has 1 unspecified atom stereocenters. The summed E-state index contributed by atoms with van der Waals surface area (Å²) in [4.78, 5) is 61.7. The number of imidazole rings is 2. The summed E-state index contributed by atoms with van der Waals surface area (Å²) < 4.78 is 6.28. The zero-order valence-corrected chi connectivity index (χ0v) is 29.7. The third-order valence-corrected chi connectivity index (χ3v) is 10.1. The third-order valence-electron chi connectivity index (χ3n) is 9.85. The van der Waals surface area contributed by atoms with Gasteiger partial charge in [-0.15, -0.1) is 0 Å². The number of aromatic nitrogens is 6. The summed E-state index contributed by atoms with van der Waals surface area (Å²) in [6, 6.07) is 10.8. The molecule has 51 heavy (non-hydrogen) atoms. The molecule has 2 aliphatic rings. The van der Waals surface area contributed by atoms with Gasteiger partial charge in [-0.2, -0.15) is 4.98 Å². The predicted molar refractivity (Wildman–Crippen MR) is 196 cm³/mol. The van der Waals surface area contributed by atoms with Gasteiger partial charge in [-0.05, 0) is 75.9 Å². The molecule has 15 nitrogen and oxygen atoms in total. The molecule has 1 atom stereocenters. The third kappa shape index (κ3) is 6.70. The van der Waals surface area contributed by atoms with E-state index in [1.54, 1.807) is 43.3 Å². The SMILES string of the molecule is Cn1c(=O)n(CCC(C)(C)O)c2cc(Nc3nc(N4CCC(Nc5ccc6c(c5)n(C)c(=O)n6C5CCC(=O)NC5=O)CC4)ncc3Cl)ccc21. The summed E-state index contributed by atoms with van der Waals surface area (Å²) in [7, 11) is 3.42. The number of nitrogens with one attached hydrogen (secondary N) is 3. The van der Waals surface area contributed by atoms with Gasteiger partial charge in [-0.1, -0.05) is 11.6 Å². The van der Waals surface area contributed by atoms with E-state index in [-0.39, 0.29) is 36.2 Å². The lowest BCUT2D eigenvalue weighted by Gasteiger charge is -2.33. The lowest BCUT2D eigenvalue weighted by molar-refractivity contribution is -0.135. The van der Waals surface area contributed by atoms with Crippen molar-refractivity contribution < 1.29 is 14.7 Å². The normalized spacial score (nSPS) is 17.4. The van der Waals surface area contributed by atoms with E-state index in [2.05, 4.69) is 25.8 Å². The summed E-state index contributed by atoms with van der Waals surface area (Å²) in [5.74, 6) is 0.222. The van der Waals surface area contributed by atoms with Crippen LogP contribution < -0.4 is 32.2 Å². The summed E-state index contributed by atoms with van der Waals surface area (Å²) in [6.45, 7) is 5.23. The number of imide groups is 1. The molecule has 3 aromatic heterocycles. The van der Waals surface area contributed by atoms with E-state index in [1.165, 1.54) is 9.13 Å². The molecule has 268 valence electrons. The van der Waals surface area contributed by atoms with Gasteiger partial charge in [-0.3, -0.25) is 33.2 Å². The van der Waals surface area contributed by atoms with Crippen molar-refractivity contribution in [1.29, 1.82) is 0 Å². The van der Waals surface area contributed by atoms with Crippen molar-refractivity contribution in [2.75, 3.05) is 28.6 Å². The Morgan fingerprint density at radius 2 is 1.61 bits per heavy atom. The first-order valence-corrected chi connectivity index (χ1v) is 17.4. The first-order chi connectivity index (χ1) is 24.3. The monoisotopic (exact) mass is 716 g/mol. The number of benzene rings is 2. The van der Waals surface area contributed by atoms with E-state index in [1.807, 2.05) is 36.4 Å². The molecule has 0 bridgehead atoms. The molecular formula is C35H41ClN10O5. The predicted octanol–water partition coefficient (Wildman–Crippen LogP) is 3.40. The Balaban J connectivity index is 1.03. The highest BCUT2D eigenvalue weighted by molar-refractivity contribution is 6.32. The van der Waals surface area contributed by atoms with Crippen molar-refractivity contribution >= 4 is 68.6 Å². The number of carbonyl (C=O) groups excluding carboxylic acids is 2. The van der Waals surface area contributed by atoms with Crippen LogP contribution in [0.2, 0.25) is 5.02 Å². The summed E-state index contributed by atoms with van der Waals surface area (Å²) in [6.07, 6.45) is 4.11. The molecule has 0 saturated carbocycles. The van der Waals surface area contributed by atoms with E-state index in [4.69, 9.17) is 16.6 Å². The van der Waals surface area contributed by atoms with Crippen LogP contribution in [0, 0.1) is 0 Å². The molecule has 0 spiro atoms. The number of fused-ring (bicyclic) bond motifs is 2. The van der Waals surface area contributed by atoms with Gasteiger partial charge in [0, 0.05) is 57.6 Å². The molecule has 0 aliphatic carbocycles. The van der Waals surface area contributed by atoms with Crippen molar-refractivity contribution in [2.24, 2.45) is 14.1 Å². The van der Waals surface area contributed by atoms with Crippen molar-refractivity contribution in [3.8, 4) is 0 Å². The molecule has 5 aromatic rings. The standard InChI is InChI=1S/C35H41ClN10O5/c1-35(2,51)13-16-45-28-18-22(5-7-24(28)42(3)33(45)49)39-30-23(36)19-37-32(41-30)44-14-11-20(12-15-44)38-21-6-8-25-27(17-21)43(4)34(50)46(25)26-9-10-29(47)40-31(26)48/h5-8,17-20,26,38,51H,9-16H2,1-4H3,(H,37,39,41)(H,40,47,48). The molecule has 2 aliphatic heterocycles. The average Bonchev–Trinajstić information content (AvgIpc) is 3.48. The van der Waals surface area contributed by atoms with E-state index in [0.29, 0.717) is 59.6 Å². The minimum atomic E-state index is -0.906. The molecule has 0 radical (unpaired) electrons. The van der Waals surface area contributed by atoms with Crippen LogP contribution in [0.4, 0.5) is 23.1 Å². The van der Waals surface area contributed by atoms with Gasteiger partial charge in [-0.25, -0.2) is 14.6 Å². The first kappa shape index (κ1) is 34.3. The second-order valence-electron chi connectivity index (χ2n) is 14.0. The minimum absolute atomic E-state index is 0.151. The highest BCUT2D eigenvalue weighted by atomic mass is 35.5. The van der Waals surface area contributed by atoms with Gasteiger partial charge in [0.2, 0.25) is 17.8 Å². The van der Waals surface area contributed by atoms with Gasteiger partial charge in [0.25, 0.3) is 0 Å². The molecule has 16 heteroatoms. The minimum Gasteiger partial charge on any atom is -0.390 e. The number of hydrogen-bond acceptors (Lipinski definition) is 10. The molecule has 2 amide bonds. The number of piperidine rings is 2. The van der Waals surface area contributed by atoms with Crippen LogP contribution >= 0.6 is 11.6 Å². The van der Waals surface area contributed by atoms with Crippen molar-refractivity contribution in [2.45, 2.75) is 70.2 Å². The van der Waals surface area contributed by atoms with Crippen LogP contribution in [-0.4, -0.2) is 69.9 Å². The molecule has 4 N–H and O–H groups in total. The smallest absolute Gasteiger partial charge is 0.329 e. The van der Waals surface area contributed by atoms with Crippen LogP contribution in [0.3, 0.4) is 0 Å². The maximum Gasteiger partial charge on any atom is 0.329 e. The Hall–Kier alpha value is -5.15. The topological polar surface area (TPSA) is 173 Å². The van der Waals surface area contributed by atoms with Gasteiger partial charge in [0.05, 0.1) is 33.9 Å². The molecular weight excluding hydrogens is 676 g/mol. The Labute approximate surface area is 297 Å². The molecule has 5 heterocycles. The van der Waals surface area contributed by atoms with Crippen molar-refractivity contribution in [1.82, 2.24) is 33.6 Å². The molecule has 2 aromatic carbocycles. The average molecular weight is 717 g/mol. The second-order valence-corrected chi connectivity index (χ2v) is 14.4. The maximum absolute atomic E-state index is 13.2. The summed E-state index contributed by atoms with van der Waals surface area (Å²) >= 11 is 6.54. The fourth-order valence-electron chi connectivity index (χ4n) is 6.97. The lowest BCUT2D eigenvalue weighted by Crippen LogP contribution is -2.44. The van der Waals surface area contributed by atoms with Crippen molar-refractivity contribution in [3.63, 3.8) is 0 Å². The number of halogens is 1. The molecule has 7 rings (SSSR count). The van der Waals surface area contributed by atoms with E-state index in [9.17, 15) is 24.3 Å². The Kier molecular flexibility index (Phi) is 8.87. The number of rotatable bonds is 9. The van der Waals surface area contributed by atoms with Gasteiger partial charge in [0.15, 0.2) is 5.82 Å². The van der Waals surface area contributed by atoms with Gasteiger partial charge in [0.1, 0.15) is 11.1 Å². The number of hydrogen-bond donors (Lipinski definition) is 4. The van der Waals surface area contributed by atoms with Gasteiger partial charge >= 0.3 is 11.4 Å². The zero-order valence-electron chi connectivity index (χ0n) is 28.9. The Morgan fingerprint density at radius 3 is 2.33 bits per heavy atom. The lowest BCUT2D eigenvalue weighted by atomic mass is 10.0. The Bertz CT molecular complexity index is 2290. The number of nitrogens with zero attached hydrogens (tertiary/aromatic N) is 7. The van der Waals surface area contributed by atoms with E-state index in [0.717, 1.165) is 29.6 Å². The number of anilines is 4. The first-order valence-electron chi connectivity index (χ1n) is 17.0. The fraction of sp³-hybridized carbons (Fsp3) is 0.429. The summed E-state index contributed by atoms with van der Waals surface area (Å²) in [5.41, 5.74) is 3.08. The molecule has 2 fully saturated rings. The van der Waals surface area contributed by atoms with Crippen LogP contribution in [-0.2, 0) is 30.2 Å². The van der Waals surface area contributed by atoms with Crippen LogP contribution in [0.15, 0.2) is 52.2 Å². The molecule has 2 saturated heterocycles. The number of amides is 2. The highest BCUT2D eigenvalue weighted by Crippen LogP contribution is 2.30. The van der Waals surface area contributed by atoms with Crippen LogP contribution in [0.1, 0.15) is 52.0 Å². The Morgan fingerprint density at radius 1 is 0.922 bits per heavy atom. The maximum atomic E-state index is 13.2. The number of aryl methyl sites for hydroxylation is 3. The van der Waals surface area contributed by atoms with E-state index >= 15 is 0 Å². The van der Waals surface area contributed by atoms with Crippen LogP contribution in [0.25, 0.3) is 22.1 Å². The van der Waals surface area contributed by atoms with Crippen LogP contribution in [0.5, 0.6) is 0 Å². The van der Waals surface area contributed by atoms with Gasteiger partial charge < -0.3 is 20.6 Å². The highest BCUT2D eigenvalue weighted by Gasteiger charge is 2.31. The largest absolute Gasteiger partial charge is 0.390 e. The number of carbonyl (C=O) groups is 2. The zero-order chi connectivity index (χ0) is 36.2. The van der Waals surface area contributed by atoms with Crippen molar-refractivity contribution in [3.05, 3.63) is 68.6 Å². The van der Waals surface area contributed by atoms with E-state index < -0.39 is 17.6 Å². The quantitative estimate of drug-likeness (QED) is 0.166. The second kappa shape index (κ2) is 13.2. The summed E-state index contributed by atoms with van der Waals surface area (Å²) in [5, 5.41) is 19.9. The fourth-order valence-corrected chi connectivity index (χ4v) is 7.11.